The van der Waals surface area contributed by atoms with E-state index in [0.29, 0.717) is 87.1 Å². The number of likely N-dealkylation sites (tertiary alicyclic amines) is 1. The average molecular weight is 800 g/mol. The summed E-state index contributed by atoms with van der Waals surface area (Å²) in [5.74, 6) is -2.10. The van der Waals surface area contributed by atoms with Crippen LogP contribution in [-0.4, -0.2) is 97.2 Å². The maximum atomic E-state index is 13.9. The van der Waals surface area contributed by atoms with Gasteiger partial charge in [-0.15, -0.1) is 0 Å². The maximum Gasteiger partial charge on any atom is 0.329 e. The van der Waals surface area contributed by atoms with E-state index in [9.17, 15) is 28.8 Å². The number of aryl methyl sites for hydroxylation is 1. The van der Waals surface area contributed by atoms with Crippen LogP contribution in [0.1, 0.15) is 95.8 Å². The van der Waals surface area contributed by atoms with E-state index in [2.05, 4.69) is 23.3 Å². The Kier molecular flexibility index (Phi) is 18.5. The standard InChI is InChI=1S/C41H57N3O11S/c1-6-41(2,3)37(47)38(48)44-22-11-9-15-31(44)40(51)55-32(19-17-27-18-20-33(52-4)34(23-27)53-5)28-13-12-14-29(24-28)54-25-36(46)42-21-10-7-8-16-35(45)43-30(26-56)39(49)50/h12-14,18,20,23-24,30-32,56H,6-11,15-17,19,21-22,25-26H2,1-5H3,(H,42,46)(H,43,45)(H,49,50)/t30-,31-,32+/m0/s1. The van der Waals surface area contributed by atoms with Crippen molar-refractivity contribution < 1.29 is 52.8 Å². The Balaban J connectivity index is 1.67. The fourth-order valence-electron chi connectivity index (χ4n) is 6.12. The van der Waals surface area contributed by atoms with E-state index in [-0.39, 0.29) is 37.1 Å². The van der Waals surface area contributed by atoms with E-state index < -0.39 is 47.2 Å². The van der Waals surface area contributed by atoms with Gasteiger partial charge < -0.3 is 39.6 Å². The summed E-state index contributed by atoms with van der Waals surface area (Å²) in [7, 11) is 3.11. The van der Waals surface area contributed by atoms with Gasteiger partial charge in [-0.25, -0.2) is 9.59 Å². The summed E-state index contributed by atoms with van der Waals surface area (Å²) in [5.41, 5.74) is 0.685. The zero-order valence-corrected chi connectivity index (χ0v) is 34.0. The molecular formula is C41H57N3O11S. The number of methoxy groups -OCH3 is 2. The van der Waals surface area contributed by atoms with Crippen LogP contribution in [0.5, 0.6) is 17.2 Å². The molecule has 0 aliphatic carbocycles. The van der Waals surface area contributed by atoms with Crippen molar-refractivity contribution in [3.05, 3.63) is 53.6 Å². The topological polar surface area (TPSA) is 187 Å². The van der Waals surface area contributed by atoms with E-state index in [1.165, 1.54) is 4.90 Å². The van der Waals surface area contributed by atoms with Gasteiger partial charge in [-0.1, -0.05) is 45.4 Å². The summed E-state index contributed by atoms with van der Waals surface area (Å²) < 4.78 is 22.9. The third-order valence-corrected chi connectivity index (χ3v) is 10.3. The number of nitrogens with zero attached hydrogens (tertiary/aromatic N) is 1. The predicted molar refractivity (Wildman–Crippen MR) is 212 cm³/mol. The fraction of sp³-hybridized carbons (Fsp3) is 0.561. The third kappa shape index (κ3) is 13.7. The molecule has 0 radical (unpaired) electrons. The van der Waals surface area contributed by atoms with Crippen LogP contribution in [0.2, 0.25) is 0 Å². The van der Waals surface area contributed by atoms with Crippen LogP contribution in [0.4, 0.5) is 0 Å². The van der Waals surface area contributed by atoms with Crippen molar-refractivity contribution in [1.82, 2.24) is 15.5 Å². The first kappa shape index (κ1) is 45.6. The molecule has 1 aliphatic rings. The summed E-state index contributed by atoms with van der Waals surface area (Å²) in [6.07, 6.45) is 4.32. The molecule has 0 spiro atoms. The molecule has 2 aromatic rings. The lowest BCUT2D eigenvalue weighted by molar-refractivity contribution is -0.164. The second-order valence-corrected chi connectivity index (χ2v) is 14.8. The lowest BCUT2D eigenvalue weighted by Crippen LogP contribution is -2.53. The number of carbonyl (C=O) groups is 6. The number of benzene rings is 2. The molecule has 0 unspecified atom stereocenters. The minimum Gasteiger partial charge on any atom is -0.493 e. The highest BCUT2D eigenvalue weighted by Gasteiger charge is 2.41. The molecule has 1 aliphatic heterocycles. The maximum absolute atomic E-state index is 13.9. The number of ketones is 1. The van der Waals surface area contributed by atoms with Gasteiger partial charge in [0.1, 0.15) is 23.9 Å². The number of carboxylic acid groups (broad SMARTS) is 1. The fourth-order valence-corrected chi connectivity index (χ4v) is 6.37. The van der Waals surface area contributed by atoms with Crippen molar-refractivity contribution in [3.63, 3.8) is 0 Å². The molecule has 3 atom stereocenters. The number of aliphatic carboxylic acids is 1. The third-order valence-electron chi connectivity index (χ3n) is 9.95. The van der Waals surface area contributed by atoms with Gasteiger partial charge in [0.15, 0.2) is 18.1 Å². The highest BCUT2D eigenvalue weighted by atomic mass is 32.1. The average Bonchev–Trinajstić information content (AvgIpc) is 3.20. The van der Waals surface area contributed by atoms with Crippen LogP contribution in [0.3, 0.4) is 0 Å². The van der Waals surface area contributed by atoms with Gasteiger partial charge in [0.2, 0.25) is 11.7 Å². The Labute approximate surface area is 334 Å². The molecule has 56 heavy (non-hydrogen) atoms. The van der Waals surface area contributed by atoms with Crippen molar-refractivity contribution >= 4 is 48.1 Å². The largest absolute Gasteiger partial charge is 0.493 e. The van der Waals surface area contributed by atoms with Crippen molar-refractivity contribution in [2.24, 2.45) is 5.41 Å². The molecule has 0 bridgehead atoms. The summed E-state index contributed by atoms with van der Waals surface area (Å²) in [6.45, 7) is 5.70. The number of carboxylic acids is 1. The second kappa shape index (κ2) is 22.7. The Morgan fingerprint density at radius 1 is 0.964 bits per heavy atom. The van der Waals surface area contributed by atoms with Gasteiger partial charge in [-0.05, 0) is 86.8 Å². The number of hydrogen-bond acceptors (Lipinski definition) is 11. The van der Waals surface area contributed by atoms with Crippen molar-refractivity contribution in [1.29, 1.82) is 0 Å². The Morgan fingerprint density at radius 3 is 2.39 bits per heavy atom. The van der Waals surface area contributed by atoms with Crippen LogP contribution in [0, 0.1) is 5.41 Å². The molecule has 0 aromatic heterocycles. The number of piperidine rings is 1. The first-order chi connectivity index (χ1) is 26.7. The van der Waals surface area contributed by atoms with Gasteiger partial charge in [0.25, 0.3) is 11.8 Å². The van der Waals surface area contributed by atoms with Gasteiger partial charge in [0.05, 0.1) is 14.2 Å². The van der Waals surface area contributed by atoms with E-state index in [4.69, 9.17) is 24.1 Å². The molecule has 15 heteroatoms. The number of amides is 3. The minimum atomic E-state index is -1.14. The first-order valence-electron chi connectivity index (χ1n) is 19.1. The molecular weight excluding hydrogens is 743 g/mol. The number of ether oxygens (including phenoxy) is 4. The summed E-state index contributed by atoms with van der Waals surface area (Å²) in [5, 5.41) is 14.3. The molecule has 1 heterocycles. The Bertz CT molecular complexity index is 1670. The highest BCUT2D eigenvalue weighted by molar-refractivity contribution is 7.80. The van der Waals surface area contributed by atoms with Gasteiger partial charge in [-0.2, -0.15) is 12.6 Å². The molecule has 3 N–H and O–H groups in total. The molecule has 2 aromatic carbocycles. The first-order valence-corrected chi connectivity index (χ1v) is 19.8. The number of nitrogens with one attached hydrogen (secondary N) is 2. The predicted octanol–water partition coefficient (Wildman–Crippen LogP) is 4.86. The summed E-state index contributed by atoms with van der Waals surface area (Å²) >= 11 is 3.93. The van der Waals surface area contributed by atoms with Crippen LogP contribution in [-0.2, 0) is 39.9 Å². The Morgan fingerprint density at radius 2 is 1.71 bits per heavy atom. The van der Waals surface area contributed by atoms with Crippen molar-refractivity contribution in [2.45, 2.75) is 103 Å². The molecule has 1 saturated heterocycles. The number of carbonyl (C=O) groups excluding carboxylic acids is 5. The quantitative estimate of drug-likeness (QED) is 0.0521. The van der Waals surface area contributed by atoms with Gasteiger partial charge in [-0.3, -0.25) is 19.2 Å². The normalized spacial score (nSPS) is 15.2. The van der Waals surface area contributed by atoms with Crippen molar-refractivity contribution in [2.75, 3.05) is 39.7 Å². The molecule has 0 saturated carbocycles. The number of rotatable bonds is 23. The van der Waals surface area contributed by atoms with Crippen LogP contribution >= 0.6 is 12.6 Å². The van der Waals surface area contributed by atoms with E-state index in [1.807, 2.05) is 19.1 Å². The highest BCUT2D eigenvalue weighted by Crippen LogP contribution is 2.32. The van der Waals surface area contributed by atoms with Crippen molar-refractivity contribution in [3.8, 4) is 17.2 Å². The molecule has 3 amide bonds. The smallest absolute Gasteiger partial charge is 0.329 e. The monoisotopic (exact) mass is 799 g/mol. The summed E-state index contributed by atoms with van der Waals surface area (Å²) in [4.78, 5) is 77.5. The van der Waals surface area contributed by atoms with E-state index in [1.54, 1.807) is 58.4 Å². The number of unbranched alkanes of at least 4 members (excludes halogenated alkanes) is 2. The van der Waals surface area contributed by atoms with Crippen LogP contribution in [0.25, 0.3) is 0 Å². The molecule has 1 fully saturated rings. The second-order valence-electron chi connectivity index (χ2n) is 14.4. The lowest BCUT2D eigenvalue weighted by Gasteiger charge is -2.36. The Hall–Kier alpha value is -4.79. The number of thiol groups is 1. The number of esters is 1. The molecule has 14 nitrogen and oxygen atoms in total. The lowest BCUT2D eigenvalue weighted by atomic mass is 9.84. The number of hydrogen-bond donors (Lipinski definition) is 4. The van der Waals surface area contributed by atoms with Crippen LogP contribution < -0.4 is 24.8 Å². The van der Waals surface area contributed by atoms with E-state index in [0.717, 1.165) is 5.56 Å². The van der Waals surface area contributed by atoms with Gasteiger partial charge in [0, 0.05) is 30.7 Å². The zero-order valence-electron chi connectivity index (χ0n) is 33.1. The molecule has 3 rings (SSSR count). The zero-order chi connectivity index (χ0) is 41.3. The van der Waals surface area contributed by atoms with E-state index >= 15 is 0 Å². The van der Waals surface area contributed by atoms with Gasteiger partial charge >= 0.3 is 11.9 Å². The SMILES string of the molecule is CCC(C)(C)C(=O)C(=O)N1CCCC[C@H]1C(=O)O[C@H](CCc1ccc(OC)c(OC)c1)c1cccc(OCC(=O)NCCCCCC(=O)N[C@@H](CS)C(=O)O)c1. The minimum absolute atomic E-state index is 0.00130. The van der Waals surface area contributed by atoms with Crippen LogP contribution in [0.15, 0.2) is 42.5 Å². The molecule has 308 valence electrons. The summed E-state index contributed by atoms with van der Waals surface area (Å²) in [6, 6.07) is 10.6. The number of Topliss-reactive ketones (excluding diaryl/α,β-unsaturated/α-hetero) is 1.